The third kappa shape index (κ3) is 1.86. The summed E-state index contributed by atoms with van der Waals surface area (Å²) in [6, 6.07) is 5.66. The van der Waals surface area contributed by atoms with Gasteiger partial charge in [-0.3, -0.25) is 5.10 Å². The second-order valence-electron chi connectivity index (χ2n) is 3.42. The zero-order valence-corrected chi connectivity index (χ0v) is 10.1. The number of H-pyrrole nitrogens is 1. The summed E-state index contributed by atoms with van der Waals surface area (Å²) in [7, 11) is 0. The van der Waals surface area contributed by atoms with Crippen molar-refractivity contribution in [2.75, 3.05) is 0 Å². The molecule has 0 aliphatic heterocycles. The van der Waals surface area contributed by atoms with Crippen molar-refractivity contribution in [3.63, 3.8) is 0 Å². The third-order valence-electron chi connectivity index (χ3n) is 2.33. The number of nitrogens with one attached hydrogen (secondary N) is 1. The van der Waals surface area contributed by atoms with Crippen LogP contribution in [-0.2, 0) is 0 Å². The molecule has 0 atom stereocenters. The number of benzene rings is 1. The van der Waals surface area contributed by atoms with E-state index in [0.29, 0.717) is 5.69 Å². The Morgan fingerprint density at radius 2 is 2.25 bits per heavy atom. The number of nitrogens with zero attached hydrogens (tertiary/aromatic N) is 1. The number of carboxylic acid groups (broad SMARTS) is 1. The van der Waals surface area contributed by atoms with Crippen molar-refractivity contribution >= 4 is 21.9 Å². The highest BCUT2D eigenvalue weighted by Crippen LogP contribution is 2.26. The molecule has 0 saturated heterocycles. The van der Waals surface area contributed by atoms with Gasteiger partial charge in [0.25, 0.3) is 0 Å². The predicted octanol–water partition coefficient (Wildman–Crippen LogP) is 2.85. The predicted molar refractivity (Wildman–Crippen MR) is 63.4 cm³/mol. The van der Waals surface area contributed by atoms with Gasteiger partial charge >= 0.3 is 5.97 Å². The molecule has 1 aromatic heterocycles. The molecule has 2 N–H and O–H groups in total. The first kappa shape index (κ1) is 10.9. The Morgan fingerprint density at radius 3 is 2.88 bits per heavy atom. The van der Waals surface area contributed by atoms with E-state index in [1.54, 1.807) is 0 Å². The lowest BCUT2D eigenvalue weighted by atomic mass is 10.0. The highest BCUT2D eigenvalue weighted by molar-refractivity contribution is 9.10. The highest BCUT2D eigenvalue weighted by Gasteiger charge is 2.15. The molecule has 4 nitrogen and oxygen atoms in total. The first-order valence-corrected chi connectivity index (χ1v) is 5.42. The lowest BCUT2D eigenvalue weighted by molar-refractivity contribution is 0.0698. The highest BCUT2D eigenvalue weighted by atomic mass is 79.9. The topological polar surface area (TPSA) is 66.0 Å². The van der Waals surface area contributed by atoms with Crippen molar-refractivity contribution in [1.29, 1.82) is 0 Å². The fourth-order valence-corrected chi connectivity index (χ4v) is 2.04. The summed E-state index contributed by atoms with van der Waals surface area (Å²) >= 11 is 3.36. The Labute approximate surface area is 100 Å². The lowest BCUT2D eigenvalue weighted by Gasteiger charge is -2.05. The van der Waals surface area contributed by atoms with Gasteiger partial charge in [0, 0.05) is 10.0 Å². The first-order valence-electron chi connectivity index (χ1n) is 4.63. The summed E-state index contributed by atoms with van der Waals surface area (Å²) in [5.74, 6) is -0.980. The van der Waals surface area contributed by atoms with Gasteiger partial charge in [-0.2, -0.15) is 5.10 Å². The van der Waals surface area contributed by atoms with Crippen molar-refractivity contribution in [3.8, 4) is 11.3 Å². The Kier molecular flexibility index (Phi) is 2.78. The minimum absolute atomic E-state index is 0.186. The minimum Gasteiger partial charge on any atom is -0.478 e. The second-order valence-corrected chi connectivity index (χ2v) is 4.34. The zero-order valence-electron chi connectivity index (χ0n) is 8.49. The average molecular weight is 281 g/mol. The molecular weight excluding hydrogens is 272 g/mol. The van der Waals surface area contributed by atoms with Crippen LogP contribution in [0.3, 0.4) is 0 Å². The fourth-order valence-electron chi connectivity index (χ4n) is 1.56. The molecule has 2 aromatic rings. The maximum atomic E-state index is 11.0. The van der Waals surface area contributed by atoms with E-state index in [1.807, 2.05) is 25.1 Å². The number of aryl methyl sites for hydroxylation is 1. The molecule has 0 aliphatic carbocycles. The van der Waals surface area contributed by atoms with Gasteiger partial charge in [0.05, 0.1) is 11.9 Å². The molecule has 0 fully saturated rings. The molecule has 0 aliphatic rings. The van der Waals surface area contributed by atoms with E-state index >= 15 is 0 Å². The first-order chi connectivity index (χ1) is 7.59. The van der Waals surface area contributed by atoms with Crippen LogP contribution in [0.15, 0.2) is 28.9 Å². The van der Waals surface area contributed by atoms with E-state index in [9.17, 15) is 4.79 Å². The van der Waals surface area contributed by atoms with Crippen LogP contribution in [0.25, 0.3) is 11.3 Å². The molecule has 5 heteroatoms. The Hall–Kier alpha value is -1.62. The molecule has 1 aromatic carbocycles. The molecule has 0 radical (unpaired) electrons. The number of hydrogen-bond acceptors (Lipinski definition) is 2. The SMILES string of the molecule is Cc1cc(Br)ccc1-c1[nH]ncc1C(=O)O. The molecule has 0 saturated carbocycles. The van der Waals surface area contributed by atoms with Gasteiger partial charge in [-0.25, -0.2) is 4.79 Å². The number of carbonyl (C=O) groups is 1. The third-order valence-corrected chi connectivity index (χ3v) is 2.82. The number of halogens is 1. The van der Waals surface area contributed by atoms with E-state index in [4.69, 9.17) is 5.11 Å². The van der Waals surface area contributed by atoms with Crippen LogP contribution in [0.5, 0.6) is 0 Å². The van der Waals surface area contributed by atoms with Gasteiger partial charge in [0.1, 0.15) is 5.56 Å². The second kappa shape index (κ2) is 4.09. The molecule has 0 unspecified atom stereocenters. The largest absolute Gasteiger partial charge is 0.478 e. The van der Waals surface area contributed by atoms with Gasteiger partial charge in [-0.15, -0.1) is 0 Å². The van der Waals surface area contributed by atoms with Crippen molar-refractivity contribution < 1.29 is 9.90 Å². The van der Waals surface area contributed by atoms with E-state index in [2.05, 4.69) is 26.1 Å². The standard InChI is InChI=1S/C11H9BrN2O2/c1-6-4-7(12)2-3-8(6)10-9(11(15)16)5-13-14-10/h2-5H,1H3,(H,13,14)(H,15,16). The average Bonchev–Trinajstić information content (AvgIpc) is 2.66. The Bertz CT molecular complexity index is 549. The lowest BCUT2D eigenvalue weighted by Crippen LogP contribution is -1.97. The van der Waals surface area contributed by atoms with Crippen molar-refractivity contribution in [2.24, 2.45) is 0 Å². The van der Waals surface area contributed by atoms with Crippen LogP contribution < -0.4 is 0 Å². The molecule has 82 valence electrons. The van der Waals surface area contributed by atoms with Crippen LogP contribution in [0.4, 0.5) is 0 Å². The van der Waals surface area contributed by atoms with Gasteiger partial charge in [0.2, 0.25) is 0 Å². The van der Waals surface area contributed by atoms with Gasteiger partial charge in [-0.1, -0.05) is 22.0 Å². The number of hydrogen-bond donors (Lipinski definition) is 2. The van der Waals surface area contributed by atoms with E-state index in [-0.39, 0.29) is 5.56 Å². The summed E-state index contributed by atoms with van der Waals surface area (Å²) in [5.41, 5.74) is 2.56. The normalized spacial score (nSPS) is 10.4. The fraction of sp³-hybridized carbons (Fsp3) is 0.0909. The molecule has 0 bridgehead atoms. The quantitative estimate of drug-likeness (QED) is 0.889. The molecule has 2 rings (SSSR count). The molecule has 1 heterocycles. The molecular formula is C11H9BrN2O2. The summed E-state index contributed by atoms with van der Waals surface area (Å²) in [6.07, 6.45) is 1.32. The number of carboxylic acids is 1. The Morgan fingerprint density at radius 1 is 1.50 bits per heavy atom. The van der Waals surface area contributed by atoms with Crippen LogP contribution in [0.2, 0.25) is 0 Å². The summed E-state index contributed by atoms with van der Waals surface area (Å²) in [5, 5.41) is 15.5. The van der Waals surface area contributed by atoms with Crippen LogP contribution >= 0.6 is 15.9 Å². The summed E-state index contributed by atoms with van der Waals surface area (Å²) < 4.78 is 0.963. The van der Waals surface area contributed by atoms with E-state index in [1.165, 1.54) is 6.20 Å². The number of aromatic nitrogens is 2. The molecule has 16 heavy (non-hydrogen) atoms. The van der Waals surface area contributed by atoms with Crippen molar-refractivity contribution in [2.45, 2.75) is 6.92 Å². The molecule has 0 spiro atoms. The summed E-state index contributed by atoms with van der Waals surface area (Å²) in [6.45, 7) is 1.92. The zero-order chi connectivity index (χ0) is 11.7. The van der Waals surface area contributed by atoms with Crippen LogP contribution in [0.1, 0.15) is 15.9 Å². The van der Waals surface area contributed by atoms with Crippen LogP contribution in [0, 0.1) is 6.92 Å². The number of rotatable bonds is 2. The summed E-state index contributed by atoms with van der Waals surface area (Å²) in [4.78, 5) is 11.0. The van der Waals surface area contributed by atoms with Crippen LogP contribution in [-0.4, -0.2) is 21.3 Å². The maximum absolute atomic E-state index is 11.0. The maximum Gasteiger partial charge on any atom is 0.339 e. The number of aromatic amines is 1. The Balaban J connectivity index is 2.59. The molecule has 0 amide bonds. The van der Waals surface area contributed by atoms with Gasteiger partial charge in [0.15, 0.2) is 0 Å². The monoisotopic (exact) mass is 280 g/mol. The van der Waals surface area contributed by atoms with E-state index in [0.717, 1.165) is 15.6 Å². The van der Waals surface area contributed by atoms with Crippen molar-refractivity contribution in [3.05, 3.63) is 40.0 Å². The smallest absolute Gasteiger partial charge is 0.339 e. The van der Waals surface area contributed by atoms with E-state index < -0.39 is 5.97 Å². The van der Waals surface area contributed by atoms with Crippen molar-refractivity contribution in [1.82, 2.24) is 10.2 Å². The number of aromatic carboxylic acids is 1. The van der Waals surface area contributed by atoms with Gasteiger partial charge < -0.3 is 5.11 Å². The van der Waals surface area contributed by atoms with Gasteiger partial charge in [-0.05, 0) is 24.6 Å². The minimum atomic E-state index is -0.980.